The average molecular weight is 289 g/mol. The third-order valence-corrected chi connectivity index (χ3v) is 3.63. The lowest BCUT2D eigenvalue weighted by atomic mass is 9.89. The zero-order valence-corrected chi connectivity index (χ0v) is 12.7. The van der Waals surface area contributed by atoms with Crippen molar-refractivity contribution in [2.45, 2.75) is 32.6 Å². The number of amides is 1. The second-order valence-electron chi connectivity index (χ2n) is 5.50. The summed E-state index contributed by atoms with van der Waals surface area (Å²) in [6, 6.07) is 7.45. The lowest BCUT2D eigenvalue weighted by Crippen LogP contribution is -2.27. The second-order valence-corrected chi connectivity index (χ2v) is 5.50. The van der Waals surface area contributed by atoms with E-state index < -0.39 is 0 Å². The molecule has 5 nitrogen and oxygen atoms in total. The number of ether oxygens (including phenoxy) is 1. The largest absolute Gasteiger partial charge is 0.497 e. The van der Waals surface area contributed by atoms with Gasteiger partial charge >= 0.3 is 0 Å². The Labute approximate surface area is 125 Å². The molecule has 1 aliphatic rings. The van der Waals surface area contributed by atoms with Gasteiger partial charge in [-0.2, -0.15) is 5.10 Å². The number of nitrogens with zero attached hydrogens (tertiary/aromatic N) is 1. The molecule has 1 atom stereocenters. The van der Waals surface area contributed by atoms with Crippen molar-refractivity contribution in [2.24, 2.45) is 11.0 Å². The maximum absolute atomic E-state index is 11.8. The molecular weight excluding hydrogens is 266 g/mol. The highest BCUT2D eigenvalue weighted by Crippen LogP contribution is 2.20. The van der Waals surface area contributed by atoms with E-state index in [4.69, 9.17) is 4.74 Å². The first-order valence-corrected chi connectivity index (χ1v) is 7.39. The van der Waals surface area contributed by atoms with Crippen molar-refractivity contribution in [1.29, 1.82) is 0 Å². The summed E-state index contributed by atoms with van der Waals surface area (Å²) in [7, 11) is 1.63. The predicted molar refractivity (Wildman–Crippen MR) is 84.7 cm³/mol. The fraction of sp³-hybridized carbons (Fsp3) is 0.500. The minimum Gasteiger partial charge on any atom is -0.497 e. The zero-order chi connectivity index (χ0) is 15.1. The van der Waals surface area contributed by atoms with E-state index in [0.717, 1.165) is 30.0 Å². The first kappa shape index (κ1) is 15.4. The van der Waals surface area contributed by atoms with Gasteiger partial charge in [-0.1, -0.05) is 6.92 Å². The molecule has 1 amide bonds. The van der Waals surface area contributed by atoms with Crippen molar-refractivity contribution in [3.63, 3.8) is 0 Å². The van der Waals surface area contributed by atoms with Gasteiger partial charge in [-0.15, -0.1) is 0 Å². The Kier molecular flexibility index (Phi) is 5.60. The van der Waals surface area contributed by atoms with Crippen molar-refractivity contribution >= 4 is 17.3 Å². The van der Waals surface area contributed by atoms with E-state index in [0.29, 0.717) is 5.92 Å². The molecule has 1 saturated carbocycles. The molecule has 1 aromatic rings. The molecule has 0 saturated heterocycles. The van der Waals surface area contributed by atoms with E-state index >= 15 is 0 Å². The van der Waals surface area contributed by atoms with Crippen LogP contribution in [0.5, 0.6) is 5.75 Å². The number of rotatable bonds is 5. The first-order valence-electron chi connectivity index (χ1n) is 7.39. The first-order chi connectivity index (χ1) is 10.2. The molecule has 1 aromatic carbocycles. The maximum Gasteiger partial charge on any atom is 0.259 e. The molecule has 1 aliphatic carbocycles. The number of methoxy groups -OCH3 is 1. The molecule has 1 fully saturated rings. The molecule has 2 rings (SSSR count). The third-order valence-electron chi connectivity index (χ3n) is 3.63. The highest BCUT2D eigenvalue weighted by molar-refractivity contribution is 5.87. The van der Waals surface area contributed by atoms with Gasteiger partial charge in [0, 0.05) is 11.4 Å². The summed E-state index contributed by atoms with van der Waals surface area (Å²) >= 11 is 0. The van der Waals surface area contributed by atoms with Crippen LogP contribution < -0.4 is 15.5 Å². The molecular formula is C16H23N3O2. The number of carbonyl (C=O) groups excluding carboxylic acids is 1. The molecule has 0 bridgehead atoms. The number of anilines is 1. The maximum atomic E-state index is 11.8. The zero-order valence-electron chi connectivity index (χ0n) is 12.7. The van der Waals surface area contributed by atoms with Gasteiger partial charge in [0.2, 0.25) is 0 Å². The van der Waals surface area contributed by atoms with Crippen molar-refractivity contribution in [3.8, 4) is 5.75 Å². The van der Waals surface area contributed by atoms with Gasteiger partial charge < -0.3 is 10.1 Å². The van der Waals surface area contributed by atoms with E-state index in [-0.39, 0.29) is 12.5 Å². The van der Waals surface area contributed by atoms with E-state index in [1.165, 1.54) is 12.8 Å². The van der Waals surface area contributed by atoms with Gasteiger partial charge in [-0.05, 0) is 55.9 Å². The van der Waals surface area contributed by atoms with Crippen molar-refractivity contribution in [1.82, 2.24) is 5.43 Å². The summed E-state index contributed by atoms with van der Waals surface area (Å²) in [5, 5.41) is 7.29. The molecule has 5 heteroatoms. The SMILES string of the molecule is COc1ccc(NCC(=O)N/N=C2/CCC[C@H](C)C2)cc1. The Bertz CT molecular complexity index is 497. The number of hydrazone groups is 1. The van der Waals surface area contributed by atoms with E-state index in [1.54, 1.807) is 7.11 Å². The molecule has 0 spiro atoms. The molecule has 21 heavy (non-hydrogen) atoms. The van der Waals surface area contributed by atoms with Gasteiger partial charge in [0.15, 0.2) is 0 Å². The summed E-state index contributed by atoms with van der Waals surface area (Å²) in [6.07, 6.45) is 4.41. The predicted octanol–water partition coefficient (Wildman–Crippen LogP) is 2.79. The molecule has 114 valence electrons. The summed E-state index contributed by atoms with van der Waals surface area (Å²) in [5.74, 6) is 1.34. The van der Waals surface area contributed by atoms with Crippen LogP contribution in [0.4, 0.5) is 5.69 Å². The van der Waals surface area contributed by atoms with Crippen LogP contribution in [-0.4, -0.2) is 25.3 Å². The Balaban J connectivity index is 1.75. The van der Waals surface area contributed by atoms with Gasteiger partial charge in [0.25, 0.3) is 5.91 Å². The van der Waals surface area contributed by atoms with Crippen molar-refractivity contribution < 1.29 is 9.53 Å². The van der Waals surface area contributed by atoms with E-state index in [9.17, 15) is 4.79 Å². The number of nitrogens with one attached hydrogen (secondary N) is 2. The average Bonchev–Trinajstić information content (AvgIpc) is 2.51. The number of benzene rings is 1. The summed E-state index contributed by atoms with van der Waals surface area (Å²) in [4.78, 5) is 11.8. The van der Waals surface area contributed by atoms with Gasteiger partial charge in [-0.3, -0.25) is 4.79 Å². The van der Waals surface area contributed by atoms with Crippen molar-refractivity contribution in [3.05, 3.63) is 24.3 Å². The minimum atomic E-state index is -0.128. The normalized spacial score (nSPS) is 20.1. The minimum absolute atomic E-state index is 0.128. The smallest absolute Gasteiger partial charge is 0.259 e. The Hall–Kier alpha value is -2.04. The Morgan fingerprint density at radius 1 is 1.38 bits per heavy atom. The fourth-order valence-corrected chi connectivity index (χ4v) is 2.43. The molecule has 0 aromatic heterocycles. The number of hydrogen-bond acceptors (Lipinski definition) is 4. The highest BCUT2D eigenvalue weighted by atomic mass is 16.5. The van der Waals surface area contributed by atoms with Crippen LogP contribution in [0.1, 0.15) is 32.6 Å². The van der Waals surface area contributed by atoms with Gasteiger partial charge in [-0.25, -0.2) is 5.43 Å². The lowest BCUT2D eigenvalue weighted by Gasteiger charge is -2.18. The standard InChI is InChI=1S/C16H23N3O2/c1-12-4-3-5-14(10-12)18-19-16(20)11-17-13-6-8-15(21-2)9-7-13/h6-9,12,17H,3-5,10-11H2,1-2H3,(H,19,20)/b18-14-/t12-/m0/s1. The van der Waals surface area contributed by atoms with Crippen LogP contribution in [0.25, 0.3) is 0 Å². The number of hydrogen-bond donors (Lipinski definition) is 2. The number of carbonyl (C=O) groups is 1. The Morgan fingerprint density at radius 2 is 2.14 bits per heavy atom. The molecule has 2 N–H and O–H groups in total. The van der Waals surface area contributed by atoms with E-state index in [1.807, 2.05) is 24.3 Å². The van der Waals surface area contributed by atoms with Crippen LogP contribution in [0.15, 0.2) is 29.4 Å². The van der Waals surface area contributed by atoms with Crippen LogP contribution in [-0.2, 0) is 4.79 Å². The summed E-state index contributed by atoms with van der Waals surface area (Å²) in [5.41, 5.74) is 4.61. The quantitative estimate of drug-likeness (QED) is 0.819. The molecule has 0 aliphatic heterocycles. The summed E-state index contributed by atoms with van der Waals surface area (Å²) < 4.78 is 5.08. The van der Waals surface area contributed by atoms with Crippen molar-refractivity contribution in [2.75, 3.05) is 19.0 Å². The third kappa shape index (κ3) is 5.10. The van der Waals surface area contributed by atoms with Gasteiger partial charge in [0.05, 0.1) is 13.7 Å². The molecule has 0 heterocycles. The summed E-state index contributed by atoms with van der Waals surface area (Å²) in [6.45, 7) is 2.43. The Morgan fingerprint density at radius 3 is 2.81 bits per heavy atom. The second kappa shape index (κ2) is 7.67. The highest BCUT2D eigenvalue weighted by Gasteiger charge is 2.14. The lowest BCUT2D eigenvalue weighted by molar-refractivity contribution is -0.119. The molecule has 0 radical (unpaired) electrons. The van der Waals surface area contributed by atoms with Crippen LogP contribution in [0, 0.1) is 5.92 Å². The molecule has 0 unspecified atom stereocenters. The van der Waals surface area contributed by atoms with Gasteiger partial charge in [0.1, 0.15) is 5.75 Å². The van der Waals surface area contributed by atoms with E-state index in [2.05, 4.69) is 22.8 Å². The topological polar surface area (TPSA) is 62.7 Å². The fourth-order valence-electron chi connectivity index (χ4n) is 2.43. The monoisotopic (exact) mass is 289 g/mol. The van der Waals surface area contributed by atoms with Crippen LogP contribution in [0.3, 0.4) is 0 Å². The van der Waals surface area contributed by atoms with Crippen LogP contribution in [0.2, 0.25) is 0 Å². The van der Waals surface area contributed by atoms with Crippen LogP contribution >= 0.6 is 0 Å².